The van der Waals surface area contributed by atoms with Crippen molar-refractivity contribution in [1.82, 2.24) is 0 Å². The second kappa shape index (κ2) is 4.93. The van der Waals surface area contributed by atoms with Gasteiger partial charge >= 0.3 is 0 Å². The smallest absolute Gasteiger partial charge is 0.231 e. The molecular formula is C18H16O3. The predicted octanol–water partition coefficient (Wildman–Crippen LogP) is 3.48. The molecule has 1 aliphatic heterocycles. The van der Waals surface area contributed by atoms with Gasteiger partial charge in [-0.25, -0.2) is 0 Å². The Morgan fingerprint density at radius 3 is 2.81 bits per heavy atom. The first-order valence-corrected chi connectivity index (χ1v) is 7.17. The van der Waals surface area contributed by atoms with E-state index in [1.807, 2.05) is 36.4 Å². The highest BCUT2D eigenvalue weighted by atomic mass is 16.7. The molecule has 2 aromatic carbocycles. The van der Waals surface area contributed by atoms with E-state index in [-0.39, 0.29) is 6.79 Å². The minimum absolute atomic E-state index is 0.283. The molecule has 0 aromatic heterocycles. The highest BCUT2D eigenvalue weighted by molar-refractivity contribution is 5.60. The second-order valence-corrected chi connectivity index (χ2v) is 5.43. The average molecular weight is 280 g/mol. The summed E-state index contributed by atoms with van der Waals surface area (Å²) in [5.74, 6) is 1.56. The van der Waals surface area contributed by atoms with E-state index in [0.29, 0.717) is 0 Å². The molecule has 1 N–H and O–H groups in total. The predicted molar refractivity (Wildman–Crippen MR) is 80.3 cm³/mol. The third-order valence-corrected chi connectivity index (χ3v) is 4.13. The molecule has 21 heavy (non-hydrogen) atoms. The molecule has 0 bridgehead atoms. The summed E-state index contributed by atoms with van der Waals surface area (Å²) in [6.07, 6.45) is 3.40. The molecule has 1 unspecified atom stereocenters. The second-order valence-electron chi connectivity index (χ2n) is 5.43. The molecule has 0 fully saturated rings. The molecule has 3 nitrogen and oxygen atoms in total. The van der Waals surface area contributed by atoms with Crippen molar-refractivity contribution >= 4 is 6.08 Å². The van der Waals surface area contributed by atoms with E-state index in [9.17, 15) is 5.11 Å². The number of aliphatic hydroxyl groups is 1. The SMILES string of the molecule is OC1C(=Cc2ccc3c(c2)OCO3)CCc2ccccc21. The fourth-order valence-corrected chi connectivity index (χ4v) is 3.01. The fraction of sp³-hybridized carbons (Fsp3) is 0.222. The van der Waals surface area contributed by atoms with Crippen molar-refractivity contribution in [3.63, 3.8) is 0 Å². The van der Waals surface area contributed by atoms with Crippen molar-refractivity contribution in [3.8, 4) is 11.5 Å². The molecule has 1 atom stereocenters. The summed E-state index contributed by atoms with van der Waals surface area (Å²) in [5.41, 5.74) is 4.35. The van der Waals surface area contributed by atoms with Crippen molar-refractivity contribution < 1.29 is 14.6 Å². The summed E-state index contributed by atoms with van der Waals surface area (Å²) in [6, 6.07) is 14.0. The third kappa shape index (κ3) is 2.20. The summed E-state index contributed by atoms with van der Waals surface area (Å²) in [7, 11) is 0. The average Bonchev–Trinajstić information content (AvgIpc) is 2.98. The van der Waals surface area contributed by atoms with Crippen LogP contribution in [-0.2, 0) is 6.42 Å². The number of benzene rings is 2. The standard InChI is InChI=1S/C18H16O3/c19-18-14(7-6-13-3-1-2-4-15(13)18)9-12-5-8-16-17(10-12)21-11-20-16/h1-5,8-10,18-19H,6-7,11H2. The molecule has 0 amide bonds. The van der Waals surface area contributed by atoms with Gasteiger partial charge in [0.05, 0.1) is 0 Å². The minimum Gasteiger partial charge on any atom is -0.454 e. The van der Waals surface area contributed by atoms with Crippen LogP contribution in [-0.4, -0.2) is 11.9 Å². The quantitative estimate of drug-likeness (QED) is 0.869. The Morgan fingerprint density at radius 2 is 1.86 bits per heavy atom. The molecule has 2 aromatic rings. The van der Waals surface area contributed by atoms with Gasteiger partial charge in [-0.1, -0.05) is 36.4 Å². The molecule has 1 aliphatic carbocycles. The van der Waals surface area contributed by atoms with Crippen LogP contribution in [0.25, 0.3) is 6.08 Å². The van der Waals surface area contributed by atoms with Gasteiger partial charge in [-0.15, -0.1) is 0 Å². The van der Waals surface area contributed by atoms with Crippen LogP contribution < -0.4 is 9.47 Å². The highest BCUT2D eigenvalue weighted by Crippen LogP contribution is 2.37. The first-order valence-electron chi connectivity index (χ1n) is 7.17. The van der Waals surface area contributed by atoms with Crippen LogP contribution in [0.2, 0.25) is 0 Å². The van der Waals surface area contributed by atoms with Crippen LogP contribution in [0, 0.1) is 0 Å². The Hall–Kier alpha value is -2.26. The monoisotopic (exact) mass is 280 g/mol. The first kappa shape index (κ1) is 12.5. The van der Waals surface area contributed by atoms with E-state index in [0.717, 1.165) is 41.0 Å². The van der Waals surface area contributed by atoms with Gasteiger partial charge in [0.1, 0.15) is 6.10 Å². The van der Waals surface area contributed by atoms with Crippen molar-refractivity contribution in [2.45, 2.75) is 18.9 Å². The van der Waals surface area contributed by atoms with Gasteiger partial charge in [0, 0.05) is 0 Å². The van der Waals surface area contributed by atoms with Crippen molar-refractivity contribution in [3.05, 3.63) is 64.7 Å². The van der Waals surface area contributed by atoms with Crippen LogP contribution >= 0.6 is 0 Å². The van der Waals surface area contributed by atoms with Gasteiger partial charge in [-0.3, -0.25) is 0 Å². The maximum atomic E-state index is 10.6. The minimum atomic E-state index is -0.514. The zero-order valence-electron chi connectivity index (χ0n) is 11.6. The molecule has 1 heterocycles. The number of aliphatic hydroxyl groups excluding tert-OH is 1. The maximum Gasteiger partial charge on any atom is 0.231 e. The number of rotatable bonds is 1. The fourth-order valence-electron chi connectivity index (χ4n) is 3.01. The highest BCUT2D eigenvalue weighted by Gasteiger charge is 2.22. The lowest BCUT2D eigenvalue weighted by atomic mass is 9.85. The number of hydrogen-bond donors (Lipinski definition) is 1. The Morgan fingerprint density at radius 1 is 1.00 bits per heavy atom. The Kier molecular flexibility index (Phi) is 2.93. The summed E-state index contributed by atoms with van der Waals surface area (Å²) >= 11 is 0. The molecule has 2 aliphatic rings. The lowest BCUT2D eigenvalue weighted by molar-refractivity contribution is 0.174. The Labute approximate surface area is 123 Å². The van der Waals surface area contributed by atoms with Crippen molar-refractivity contribution in [2.75, 3.05) is 6.79 Å². The maximum absolute atomic E-state index is 10.6. The lowest BCUT2D eigenvalue weighted by Gasteiger charge is -2.24. The van der Waals surface area contributed by atoms with Gasteiger partial charge in [0.25, 0.3) is 0 Å². The first-order chi connectivity index (χ1) is 10.3. The number of fused-ring (bicyclic) bond motifs is 2. The van der Waals surface area contributed by atoms with Gasteiger partial charge in [-0.05, 0) is 47.2 Å². The van der Waals surface area contributed by atoms with E-state index >= 15 is 0 Å². The molecule has 4 rings (SSSR count). The number of hydrogen-bond acceptors (Lipinski definition) is 3. The summed E-state index contributed by atoms with van der Waals surface area (Å²) < 4.78 is 10.7. The van der Waals surface area contributed by atoms with Crippen LogP contribution in [0.3, 0.4) is 0 Å². The number of aryl methyl sites for hydroxylation is 1. The van der Waals surface area contributed by atoms with Crippen molar-refractivity contribution in [2.24, 2.45) is 0 Å². The van der Waals surface area contributed by atoms with Gasteiger partial charge in [0.15, 0.2) is 11.5 Å². The summed E-state index contributed by atoms with van der Waals surface area (Å²) in [5, 5.41) is 10.6. The molecule has 3 heteroatoms. The molecule has 0 saturated heterocycles. The van der Waals surface area contributed by atoms with Crippen molar-refractivity contribution in [1.29, 1.82) is 0 Å². The van der Waals surface area contributed by atoms with Gasteiger partial charge in [0.2, 0.25) is 6.79 Å². The normalized spacial score (nSPS) is 21.4. The van der Waals surface area contributed by atoms with E-state index in [2.05, 4.69) is 12.1 Å². The van der Waals surface area contributed by atoms with E-state index in [1.54, 1.807) is 0 Å². The van der Waals surface area contributed by atoms with E-state index in [1.165, 1.54) is 5.56 Å². The van der Waals surface area contributed by atoms with Crippen LogP contribution in [0.1, 0.15) is 29.2 Å². The molecule has 0 saturated carbocycles. The van der Waals surface area contributed by atoms with Gasteiger partial charge in [-0.2, -0.15) is 0 Å². The summed E-state index contributed by atoms with van der Waals surface area (Å²) in [6.45, 7) is 0.283. The Bertz CT molecular complexity index is 718. The number of ether oxygens (including phenoxy) is 2. The largest absolute Gasteiger partial charge is 0.454 e. The molecule has 106 valence electrons. The van der Waals surface area contributed by atoms with Crippen LogP contribution in [0.5, 0.6) is 11.5 Å². The Balaban J connectivity index is 1.68. The topological polar surface area (TPSA) is 38.7 Å². The van der Waals surface area contributed by atoms with E-state index < -0.39 is 6.10 Å². The van der Waals surface area contributed by atoms with Crippen LogP contribution in [0.15, 0.2) is 48.0 Å². The molecule has 0 radical (unpaired) electrons. The van der Waals surface area contributed by atoms with Crippen LogP contribution in [0.4, 0.5) is 0 Å². The van der Waals surface area contributed by atoms with E-state index in [4.69, 9.17) is 9.47 Å². The molecular weight excluding hydrogens is 264 g/mol. The summed E-state index contributed by atoms with van der Waals surface area (Å²) in [4.78, 5) is 0. The van der Waals surface area contributed by atoms with Gasteiger partial charge < -0.3 is 14.6 Å². The molecule has 0 spiro atoms. The zero-order chi connectivity index (χ0) is 14.2. The lowest BCUT2D eigenvalue weighted by Crippen LogP contribution is -2.11. The zero-order valence-corrected chi connectivity index (χ0v) is 11.6. The third-order valence-electron chi connectivity index (χ3n) is 4.13.